The van der Waals surface area contributed by atoms with E-state index in [1.165, 1.54) is 62.9 Å². The van der Waals surface area contributed by atoms with Crippen molar-refractivity contribution < 1.29 is 50.6 Å². The molecule has 792 valence electrons. The van der Waals surface area contributed by atoms with Gasteiger partial charge >= 0.3 is 0 Å². The first-order chi connectivity index (χ1) is 68.2. The average molecular weight is 2000 g/mol. The lowest BCUT2D eigenvalue weighted by Crippen LogP contribution is -2.26. The van der Waals surface area contributed by atoms with Crippen LogP contribution < -0.4 is 9.80 Å². The predicted octanol–water partition coefficient (Wildman–Crippen LogP) is 34.0. The summed E-state index contributed by atoms with van der Waals surface area (Å²) in [4.78, 5) is 16.0. The van der Waals surface area contributed by atoms with Gasteiger partial charge in [0.2, 0.25) is 0 Å². The van der Waals surface area contributed by atoms with Crippen LogP contribution in [-0.2, 0) is 19.3 Å². The molecule has 0 aliphatic carbocycles. The third-order valence-electron chi connectivity index (χ3n) is 25.2. The summed E-state index contributed by atoms with van der Waals surface area (Å²) in [6.45, 7) is 69.6. The maximum absolute atomic E-state index is 13.2. The number of hydrogen-bond acceptors (Lipinski definition) is 13. The van der Waals surface area contributed by atoms with Gasteiger partial charge in [-0.05, 0) is 257 Å². The zero-order valence-electron chi connectivity index (χ0n) is 93.4. The first kappa shape index (κ1) is 126. The molecule has 12 aromatic rings. The van der Waals surface area contributed by atoms with Gasteiger partial charge in [0.25, 0.3) is 11.8 Å². The Labute approximate surface area is 867 Å². The van der Waals surface area contributed by atoms with Crippen LogP contribution in [0.5, 0.6) is 0 Å². The molecule has 145 heavy (non-hydrogen) atoms. The number of imidazole rings is 1. The number of nitriles is 1. The number of aromatic amines is 1. The molecule has 21 heteroatoms. The minimum atomic E-state index is -2.56. The number of nitrogens with zero attached hydrogens (tertiary/aromatic N) is 9. The van der Waals surface area contributed by atoms with Crippen molar-refractivity contribution in [3.63, 3.8) is 0 Å². The number of oxazole rings is 1. The van der Waals surface area contributed by atoms with Crippen LogP contribution in [-0.4, -0.2) is 88.2 Å². The molecule has 0 bridgehead atoms. The van der Waals surface area contributed by atoms with Crippen LogP contribution in [0, 0.1) is 41.2 Å². The quantitative estimate of drug-likeness (QED) is 0.0329. The molecule has 7 heterocycles. The molecule has 5 unspecified atom stereocenters. The van der Waals surface area contributed by atoms with Crippen molar-refractivity contribution in [3.05, 3.63) is 337 Å². The number of anilines is 2. The van der Waals surface area contributed by atoms with E-state index in [4.69, 9.17) is 20.6 Å². The van der Waals surface area contributed by atoms with Gasteiger partial charge in [-0.3, -0.25) is 5.10 Å². The Balaban J connectivity index is 0.000000334. The number of benzene rings is 7. The van der Waals surface area contributed by atoms with Crippen molar-refractivity contribution in [1.82, 2.24) is 34.9 Å². The molecular formula is C124H174F6N10O5. The summed E-state index contributed by atoms with van der Waals surface area (Å²) in [5.74, 6) is 5.57. The Hall–Kier alpha value is -11.4. The Morgan fingerprint density at radius 1 is 0.455 bits per heavy atom. The standard InChI is InChI=1S/C14H17NO.C13H17F2N.C13H15F.C13H20O2.C12H16F2N2.C12H17F.C11H16O.C10H18N2.C10H11N.C9H16N2.C7H11NO/c1-10(2)12-6-4-5-7-13(12)11(3)14-8-15-9-16-14;1-10(2)11-5-3-4-6-12(11)16-8-7-13(14,15)9-16;1-5-10(4)13-8-11(14)6-7-12(13)9(2)3;1-8(2)13-11(9(3)14)6-5-7-12(13)10(4)15;1-9(2)10-4-3-6-15-11(10)16-7-5-12(13,14)8-16;1-8(2)11-6-5-10(13)7-12(11)9(3)4;1-8(2)10-6-4-5-7-11(10)9(3)12;1-5-8-10(7(3)4)9(6-2)12-11-8;1-8(2)10-5-3-4-9(6-10)7-11;1-7(2)9-5-11(6-10-9)8(3)4;1-6(2)5-7-3-4-8-9-7/h4-11H,1-3H3;3-6,10H,7-9H2,1-2H3;1,6-10H,2-4H3;5-10,14-15H,1-4H3;3-4,6,9H,5,7-8H2,1-2H3;5-9H,1-4H3;4-9,12H,1-3H3;7H,5-6H2,1-4H3,(H,11,12);3-6,8H,1-2H3;5-8H,1-4H3;3-4,6H,5H2,1-2H3. The highest BCUT2D eigenvalue weighted by atomic mass is 19.3. The highest BCUT2D eigenvalue weighted by Gasteiger charge is 2.41. The monoisotopic (exact) mass is 2000 g/mol. The molecule has 2 fully saturated rings. The Morgan fingerprint density at radius 3 is 1.32 bits per heavy atom. The molecule has 7 aromatic carbocycles. The van der Waals surface area contributed by atoms with Crippen molar-refractivity contribution in [2.45, 2.75) is 374 Å². The smallest absolute Gasteiger partial charge is 0.266 e. The normalized spacial score (nSPS) is 13.8. The molecule has 14 rings (SSSR count). The average Bonchev–Trinajstić information content (AvgIpc) is 1.70. The fourth-order valence-electron chi connectivity index (χ4n) is 17.1. The van der Waals surface area contributed by atoms with Gasteiger partial charge in [0.15, 0.2) is 6.39 Å². The summed E-state index contributed by atoms with van der Waals surface area (Å²) in [6, 6.07) is 56.2. The second-order valence-electron chi connectivity index (χ2n) is 41.9. The van der Waals surface area contributed by atoms with Crippen molar-refractivity contribution in [2.75, 3.05) is 36.0 Å². The highest BCUT2D eigenvalue weighted by Crippen LogP contribution is 2.39. The number of halogens is 6. The number of alkyl halides is 4. The maximum atomic E-state index is 13.2. The fourth-order valence-corrected chi connectivity index (χ4v) is 17.1. The molecule has 2 saturated heterocycles. The van der Waals surface area contributed by atoms with Gasteiger partial charge in [0.05, 0.1) is 73.1 Å². The maximum Gasteiger partial charge on any atom is 0.266 e. The molecule has 0 saturated carbocycles. The van der Waals surface area contributed by atoms with Crippen LogP contribution in [0.25, 0.3) is 0 Å². The van der Waals surface area contributed by atoms with Crippen molar-refractivity contribution in [1.29, 1.82) is 5.26 Å². The number of aryl methyl sites for hydroxylation is 2. The second-order valence-corrected chi connectivity index (χ2v) is 41.9. The van der Waals surface area contributed by atoms with Crippen LogP contribution in [0.2, 0.25) is 0 Å². The molecule has 2 aliphatic heterocycles. The lowest BCUT2D eigenvalue weighted by atomic mass is 9.88. The first-order valence-corrected chi connectivity index (χ1v) is 52.2. The van der Waals surface area contributed by atoms with Crippen LogP contribution in [0.3, 0.4) is 0 Å². The van der Waals surface area contributed by atoms with E-state index < -0.39 is 24.1 Å². The molecule has 5 aromatic heterocycles. The van der Waals surface area contributed by atoms with E-state index in [0.29, 0.717) is 90.1 Å². The number of nitrogens with one attached hydrogen (secondary N) is 1. The van der Waals surface area contributed by atoms with Crippen LogP contribution >= 0.6 is 0 Å². The molecule has 0 radical (unpaired) electrons. The molecule has 0 spiro atoms. The van der Waals surface area contributed by atoms with Gasteiger partial charge in [-0.25, -0.2) is 41.3 Å². The van der Waals surface area contributed by atoms with Gasteiger partial charge in [-0.15, -0.1) is 6.42 Å². The summed E-state index contributed by atoms with van der Waals surface area (Å²) >= 11 is 0. The number of aliphatic hydroxyl groups excluding tert-OH is 3. The number of H-pyrrole nitrogens is 1. The number of pyridine rings is 1. The number of terminal acetylenes is 1. The minimum Gasteiger partial charge on any atom is -0.448 e. The molecular weight excluding hydrogens is 1820 g/mol. The third-order valence-corrected chi connectivity index (χ3v) is 25.2. The van der Waals surface area contributed by atoms with E-state index in [-0.39, 0.29) is 55.5 Å². The highest BCUT2D eigenvalue weighted by molar-refractivity contribution is 5.56. The first-order valence-electron chi connectivity index (χ1n) is 52.2. The Kier molecular flexibility index (Phi) is 54.4. The van der Waals surface area contributed by atoms with Gasteiger partial charge in [-0.1, -0.05) is 313 Å². The SMILES string of the molecule is C#CC(C)c1cc(F)ccc1C(C)C.CC(C)Cc1ccno1.CC(C)c1c(C(C)O)cccc1C(C)O.CC(C)c1ccc(F)cc1C(C)C.CC(C)c1cccc(C#N)c1.CC(C)c1ccccc1C(C)O.CC(C)c1ccccc1C(C)c1cnco1.CC(C)c1ccccc1N1CCC(F)(F)C1.CC(C)c1cccnc1N1CCC(F)(F)C1.CC(C)c1cn(C(C)C)cn1.CCc1n[nH]c(CC)c1C(C)C. The lowest BCUT2D eigenvalue weighted by Gasteiger charge is -2.23. The third kappa shape index (κ3) is 41.8. The van der Waals surface area contributed by atoms with E-state index in [1.54, 1.807) is 67.4 Å². The summed E-state index contributed by atoms with van der Waals surface area (Å²) in [5.41, 5.74) is 22.7. The van der Waals surface area contributed by atoms with Crippen molar-refractivity contribution in [3.8, 4) is 18.4 Å². The topological polar surface area (TPSA) is 202 Å². The molecule has 0 amide bonds. The molecule has 5 atom stereocenters. The number of aromatic nitrogens is 7. The summed E-state index contributed by atoms with van der Waals surface area (Å²) in [6.07, 6.45) is 17.6. The van der Waals surface area contributed by atoms with Crippen molar-refractivity contribution >= 4 is 11.5 Å². The van der Waals surface area contributed by atoms with Crippen LogP contribution in [0.15, 0.2) is 216 Å². The van der Waals surface area contributed by atoms with Gasteiger partial charge in [0.1, 0.15) is 29.0 Å². The van der Waals surface area contributed by atoms with E-state index in [2.05, 4.69) is 284 Å². The van der Waals surface area contributed by atoms with Crippen LogP contribution in [0.1, 0.15) is 460 Å². The zero-order chi connectivity index (χ0) is 109. The van der Waals surface area contributed by atoms with Gasteiger partial charge in [-0.2, -0.15) is 10.4 Å². The predicted molar refractivity (Wildman–Crippen MR) is 591 cm³/mol. The molecule has 4 N–H and O–H groups in total. The Morgan fingerprint density at radius 2 is 0.917 bits per heavy atom. The van der Waals surface area contributed by atoms with E-state index in [1.807, 2.05) is 129 Å². The van der Waals surface area contributed by atoms with Crippen LogP contribution in [0.4, 0.5) is 37.8 Å². The number of rotatable bonds is 24. The molecule has 15 nitrogen and oxygen atoms in total. The van der Waals surface area contributed by atoms with E-state index in [9.17, 15) is 41.7 Å². The minimum absolute atomic E-state index is 0.0249. The summed E-state index contributed by atoms with van der Waals surface area (Å²) in [5, 5.41) is 48.4. The lowest BCUT2D eigenvalue weighted by molar-refractivity contribution is 0.0250. The van der Waals surface area contributed by atoms with E-state index in [0.717, 1.165) is 97.9 Å². The van der Waals surface area contributed by atoms with Crippen molar-refractivity contribution in [2.24, 2.45) is 5.92 Å². The fraction of sp³-hybridized carbons (Fsp3) is 0.500. The Bertz CT molecular complexity index is 5580. The van der Waals surface area contributed by atoms with E-state index >= 15 is 0 Å². The number of aliphatic hydroxyl groups is 3. The number of para-hydroxylation sites is 1. The number of hydrogen-bond donors (Lipinski definition) is 4. The largest absolute Gasteiger partial charge is 0.448 e. The summed E-state index contributed by atoms with van der Waals surface area (Å²) < 4.78 is 91.0. The molecule has 2 aliphatic rings. The zero-order valence-corrected chi connectivity index (χ0v) is 93.4. The van der Waals surface area contributed by atoms with Gasteiger partial charge < -0.3 is 38.6 Å². The summed E-state index contributed by atoms with van der Waals surface area (Å²) in [7, 11) is 0. The second kappa shape index (κ2) is 62.6. The van der Waals surface area contributed by atoms with Gasteiger partial charge in [0, 0.05) is 80.1 Å².